The molecular formula is C49H31NO2. The molecule has 1 spiro atoms. The average molecular weight is 666 g/mol. The van der Waals surface area contributed by atoms with Gasteiger partial charge in [-0.05, 0) is 70.8 Å². The van der Waals surface area contributed by atoms with Crippen molar-refractivity contribution in [2.75, 3.05) is 0 Å². The molecule has 2 aliphatic heterocycles. The van der Waals surface area contributed by atoms with E-state index in [0.29, 0.717) is 0 Å². The summed E-state index contributed by atoms with van der Waals surface area (Å²) in [6, 6.07) is 66.9. The minimum absolute atomic E-state index is 0.736. The van der Waals surface area contributed by atoms with Gasteiger partial charge in [-0.25, -0.2) is 0 Å². The predicted molar refractivity (Wildman–Crippen MR) is 210 cm³/mol. The van der Waals surface area contributed by atoms with Gasteiger partial charge in [0.15, 0.2) is 0 Å². The average Bonchev–Trinajstić information content (AvgIpc) is 3.56. The summed E-state index contributed by atoms with van der Waals surface area (Å²) in [5.74, 6) is 3.38. The molecule has 1 unspecified atom stereocenters. The summed E-state index contributed by atoms with van der Waals surface area (Å²) in [5.41, 5.74) is 11.7. The maximum Gasteiger partial charge on any atom is 0.132 e. The molecule has 0 bridgehead atoms. The summed E-state index contributed by atoms with van der Waals surface area (Å²) in [4.78, 5) is 0. The molecule has 1 atom stereocenters. The molecule has 244 valence electrons. The van der Waals surface area contributed by atoms with Crippen LogP contribution < -0.4 is 9.47 Å². The molecule has 8 aromatic carbocycles. The molecule has 0 radical (unpaired) electrons. The van der Waals surface area contributed by atoms with Gasteiger partial charge >= 0.3 is 0 Å². The normalized spacial score (nSPS) is 15.3. The fourth-order valence-corrected chi connectivity index (χ4v) is 8.86. The SMILES string of the molecule is c1ccc(-c2ccc3c(c2)Oc2ccccc2C32c3ccccc3Oc3cccc(-c4cccc5c4c4ccccc4n5-c4ccccc4)c32)cc1. The highest BCUT2D eigenvalue weighted by molar-refractivity contribution is 6.16. The summed E-state index contributed by atoms with van der Waals surface area (Å²) in [6.45, 7) is 0. The third kappa shape index (κ3) is 3.96. The van der Waals surface area contributed by atoms with Gasteiger partial charge in [0.05, 0.1) is 16.4 Å². The molecule has 3 heterocycles. The fraction of sp³-hybridized carbons (Fsp3) is 0.0204. The van der Waals surface area contributed by atoms with Crippen LogP contribution in [0.15, 0.2) is 188 Å². The molecule has 0 N–H and O–H groups in total. The van der Waals surface area contributed by atoms with Crippen molar-refractivity contribution in [2.45, 2.75) is 5.41 Å². The van der Waals surface area contributed by atoms with Crippen LogP contribution in [0.1, 0.15) is 22.3 Å². The Balaban J connectivity index is 1.27. The van der Waals surface area contributed by atoms with Crippen LogP contribution in [0.4, 0.5) is 0 Å². The summed E-state index contributed by atoms with van der Waals surface area (Å²) in [7, 11) is 0. The Kier molecular flexibility index (Phi) is 6.17. The molecule has 2 aliphatic rings. The molecule has 0 amide bonds. The van der Waals surface area contributed by atoms with E-state index in [-0.39, 0.29) is 0 Å². The number of hydrogen-bond acceptors (Lipinski definition) is 2. The first-order chi connectivity index (χ1) is 25.8. The molecule has 9 aromatic rings. The Morgan fingerprint density at radius 3 is 1.75 bits per heavy atom. The lowest BCUT2D eigenvalue weighted by Gasteiger charge is -2.45. The van der Waals surface area contributed by atoms with E-state index in [9.17, 15) is 0 Å². The van der Waals surface area contributed by atoms with Gasteiger partial charge in [0.25, 0.3) is 0 Å². The van der Waals surface area contributed by atoms with Crippen LogP contribution in [0.25, 0.3) is 49.7 Å². The number of hydrogen-bond donors (Lipinski definition) is 0. The number of ether oxygens (including phenoxy) is 2. The Hall–Kier alpha value is -6.84. The molecule has 11 rings (SSSR count). The minimum atomic E-state index is -0.736. The smallest absolute Gasteiger partial charge is 0.132 e. The Morgan fingerprint density at radius 1 is 0.385 bits per heavy atom. The van der Waals surface area contributed by atoms with E-state index in [2.05, 4.69) is 193 Å². The van der Waals surface area contributed by atoms with Gasteiger partial charge in [-0.2, -0.15) is 0 Å². The van der Waals surface area contributed by atoms with Crippen LogP contribution in [0.5, 0.6) is 23.0 Å². The van der Waals surface area contributed by atoms with E-state index < -0.39 is 5.41 Å². The van der Waals surface area contributed by atoms with Crippen molar-refractivity contribution >= 4 is 21.8 Å². The zero-order chi connectivity index (χ0) is 34.2. The number of fused-ring (bicyclic) bond motifs is 11. The number of rotatable bonds is 3. The Bertz CT molecular complexity index is 2840. The summed E-state index contributed by atoms with van der Waals surface area (Å²) in [6.07, 6.45) is 0. The van der Waals surface area contributed by atoms with E-state index >= 15 is 0 Å². The van der Waals surface area contributed by atoms with Gasteiger partial charge in [0, 0.05) is 38.7 Å². The zero-order valence-electron chi connectivity index (χ0n) is 28.2. The minimum Gasteiger partial charge on any atom is -0.457 e. The maximum atomic E-state index is 6.92. The van der Waals surface area contributed by atoms with Crippen molar-refractivity contribution in [3.05, 3.63) is 210 Å². The fourth-order valence-electron chi connectivity index (χ4n) is 8.86. The van der Waals surface area contributed by atoms with Crippen LogP contribution >= 0.6 is 0 Å². The predicted octanol–water partition coefficient (Wildman–Crippen LogP) is 12.7. The monoisotopic (exact) mass is 665 g/mol. The van der Waals surface area contributed by atoms with Gasteiger partial charge in [0.1, 0.15) is 23.0 Å². The third-order valence-electron chi connectivity index (χ3n) is 10.9. The quantitative estimate of drug-likeness (QED) is 0.187. The van der Waals surface area contributed by atoms with Crippen LogP contribution in [-0.4, -0.2) is 4.57 Å². The van der Waals surface area contributed by atoms with Crippen molar-refractivity contribution in [3.63, 3.8) is 0 Å². The van der Waals surface area contributed by atoms with Crippen LogP contribution in [0.3, 0.4) is 0 Å². The molecule has 0 saturated carbocycles. The first-order valence-corrected chi connectivity index (χ1v) is 17.8. The van der Waals surface area contributed by atoms with Crippen molar-refractivity contribution in [3.8, 4) is 50.9 Å². The lowest BCUT2D eigenvalue weighted by atomic mass is 9.60. The Morgan fingerprint density at radius 2 is 0.962 bits per heavy atom. The van der Waals surface area contributed by atoms with Gasteiger partial charge in [-0.1, -0.05) is 140 Å². The van der Waals surface area contributed by atoms with Crippen LogP contribution in [0, 0.1) is 0 Å². The zero-order valence-corrected chi connectivity index (χ0v) is 28.2. The van der Waals surface area contributed by atoms with Crippen molar-refractivity contribution < 1.29 is 9.47 Å². The standard InChI is InChI=1S/C49H31NO2/c1-3-15-32(16-4-1)33-29-30-40-46(31-33)52-44-27-12-9-23-39(44)49(40)38-22-8-11-26-43(38)51-45-28-14-21-36(48(45)49)35-20-13-25-42-47(35)37-19-7-10-24-41(37)50(42)34-17-5-2-6-18-34/h1-31H. The van der Waals surface area contributed by atoms with Crippen molar-refractivity contribution in [2.24, 2.45) is 0 Å². The molecule has 1 aromatic heterocycles. The maximum absolute atomic E-state index is 6.92. The second kappa shape index (κ2) is 11.1. The first-order valence-electron chi connectivity index (χ1n) is 17.8. The molecule has 0 aliphatic carbocycles. The van der Waals surface area contributed by atoms with Gasteiger partial charge < -0.3 is 14.0 Å². The highest BCUT2D eigenvalue weighted by Gasteiger charge is 2.51. The molecule has 3 nitrogen and oxygen atoms in total. The van der Waals surface area contributed by atoms with Crippen LogP contribution in [-0.2, 0) is 5.41 Å². The largest absolute Gasteiger partial charge is 0.457 e. The topological polar surface area (TPSA) is 23.4 Å². The highest BCUT2D eigenvalue weighted by Crippen LogP contribution is 2.63. The van der Waals surface area contributed by atoms with E-state index in [1.165, 1.54) is 16.3 Å². The first kappa shape index (κ1) is 28.9. The molecular weight excluding hydrogens is 635 g/mol. The molecule has 0 fully saturated rings. The molecule has 52 heavy (non-hydrogen) atoms. The number of aromatic nitrogens is 1. The van der Waals surface area contributed by atoms with E-state index in [1.807, 2.05) is 0 Å². The lowest BCUT2D eigenvalue weighted by Crippen LogP contribution is -2.37. The second-order valence-corrected chi connectivity index (χ2v) is 13.6. The van der Waals surface area contributed by atoms with E-state index in [0.717, 1.165) is 78.7 Å². The van der Waals surface area contributed by atoms with Gasteiger partial charge in [0.2, 0.25) is 0 Å². The lowest BCUT2D eigenvalue weighted by molar-refractivity contribution is 0.400. The third-order valence-corrected chi connectivity index (χ3v) is 10.9. The second-order valence-electron chi connectivity index (χ2n) is 13.6. The van der Waals surface area contributed by atoms with Crippen molar-refractivity contribution in [1.29, 1.82) is 0 Å². The summed E-state index contributed by atoms with van der Waals surface area (Å²) in [5, 5.41) is 2.42. The number of benzene rings is 8. The Labute approximate surface area is 301 Å². The van der Waals surface area contributed by atoms with E-state index in [1.54, 1.807) is 0 Å². The van der Waals surface area contributed by atoms with Gasteiger partial charge in [-0.3, -0.25) is 0 Å². The van der Waals surface area contributed by atoms with Gasteiger partial charge in [-0.15, -0.1) is 0 Å². The molecule has 3 heteroatoms. The van der Waals surface area contributed by atoms with E-state index in [4.69, 9.17) is 9.47 Å². The highest BCUT2D eigenvalue weighted by atomic mass is 16.5. The summed E-state index contributed by atoms with van der Waals surface area (Å²) < 4.78 is 16.2. The number of para-hydroxylation sites is 4. The molecule has 0 saturated heterocycles. The van der Waals surface area contributed by atoms with Crippen LogP contribution in [0.2, 0.25) is 0 Å². The number of nitrogens with zero attached hydrogens (tertiary/aromatic N) is 1. The van der Waals surface area contributed by atoms with Crippen molar-refractivity contribution in [1.82, 2.24) is 4.57 Å². The summed E-state index contributed by atoms with van der Waals surface area (Å²) >= 11 is 0.